The van der Waals surface area contributed by atoms with Crippen LogP contribution < -0.4 is 0 Å². The van der Waals surface area contributed by atoms with Crippen molar-refractivity contribution in [2.45, 2.75) is 19.4 Å². The second kappa shape index (κ2) is 10.0. The minimum Gasteiger partial charge on any atom is -0.456 e. The molecule has 0 unspecified atom stereocenters. The Balaban J connectivity index is 1.45. The van der Waals surface area contributed by atoms with E-state index in [1.165, 1.54) is 5.56 Å². The first-order valence-electron chi connectivity index (χ1n) is 13.7. The zero-order valence-corrected chi connectivity index (χ0v) is 22.9. The highest BCUT2D eigenvalue weighted by molar-refractivity contribution is 5.91. The van der Waals surface area contributed by atoms with Crippen LogP contribution in [0.2, 0.25) is 0 Å². The van der Waals surface area contributed by atoms with E-state index in [9.17, 15) is 0 Å². The lowest BCUT2D eigenvalue weighted by molar-refractivity contribution is 0.396. The van der Waals surface area contributed by atoms with Crippen LogP contribution in [0.4, 0.5) is 0 Å². The highest BCUT2D eigenvalue weighted by Crippen LogP contribution is 2.41. The van der Waals surface area contributed by atoms with Gasteiger partial charge >= 0.3 is 0 Å². The molecule has 0 atom stereocenters. The summed E-state index contributed by atoms with van der Waals surface area (Å²) >= 11 is 0. The summed E-state index contributed by atoms with van der Waals surface area (Å²) in [6.45, 7) is 4.20. The molecule has 0 radical (unpaired) electrons. The monoisotopic (exact) mass is 532 g/mol. The molecule has 41 heavy (non-hydrogen) atoms. The Morgan fingerprint density at radius 2 is 1.15 bits per heavy atom. The molecule has 5 nitrogen and oxygen atoms in total. The molecule has 5 heteroatoms. The lowest BCUT2D eigenvalue weighted by Gasteiger charge is -2.34. The molecule has 0 bridgehead atoms. The maximum absolute atomic E-state index is 6.40. The lowest BCUT2D eigenvalue weighted by Crippen LogP contribution is -2.39. The molecule has 0 amide bonds. The first-order chi connectivity index (χ1) is 20.2. The van der Waals surface area contributed by atoms with Gasteiger partial charge in [-0.05, 0) is 47.9 Å². The quantitative estimate of drug-likeness (QED) is 0.203. The average molecular weight is 533 g/mol. The highest BCUT2D eigenvalue weighted by Gasteiger charge is 2.41. The number of hydrogen-bond donors (Lipinski definition) is 0. The van der Waals surface area contributed by atoms with E-state index in [2.05, 4.69) is 110 Å². The van der Waals surface area contributed by atoms with Crippen LogP contribution in [-0.2, 0) is 5.54 Å². The minimum absolute atomic E-state index is 0.531. The fraction of sp³-hybridized carbons (Fsp3) is 0.0833. The van der Waals surface area contributed by atoms with Crippen LogP contribution in [0.3, 0.4) is 0 Å². The van der Waals surface area contributed by atoms with Gasteiger partial charge in [-0.3, -0.25) is 0 Å². The van der Waals surface area contributed by atoms with Crippen molar-refractivity contribution in [3.8, 4) is 22.7 Å². The molecule has 0 saturated heterocycles. The number of aryl methyl sites for hydroxylation is 2. The molecule has 198 valence electrons. The summed E-state index contributed by atoms with van der Waals surface area (Å²) in [5.41, 5.74) is 7.24. The first kappa shape index (κ1) is 24.7. The molecular formula is C36H28N4O. The Hall–Kier alpha value is -5.29. The summed E-state index contributed by atoms with van der Waals surface area (Å²) in [4.78, 5) is 1.76. The van der Waals surface area contributed by atoms with Crippen molar-refractivity contribution >= 4 is 11.0 Å². The van der Waals surface area contributed by atoms with Crippen molar-refractivity contribution in [1.29, 1.82) is 0 Å². The Kier molecular flexibility index (Phi) is 6.05. The van der Waals surface area contributed by atoms with Crippen molar-refractivity contribution in [2.24, 2.45) is 0 Å². The van der Waals surface area contributed by atoms with Crippen molar-refractivity contribution in [3.05, 3.63) is 161 Å². The third-order valence-corrected chi connectivity index (χ3v) is 7.79. The fourth-order valence-corrected chi connectivity index (χ4v) is 5.82. The van der Waals surface area contributed by atoms with E-state index in [-0.39, 0.29) is 0 Å². The van der Waals surface area contributed by atoms with Crippen LogP contribution in [0.1, 0.15) is 27.8 Å². The molecule has 0 fully saturated rings. The molecule has 0 aliphatic heterocycles. The van der Waals surface area contributed by atoms with Gasteiger partial charge in [-0.1, -0.05) is 127 Å². The average Bonchev–Trinajstić information content (AvgIpc) is 3.64. The van der Waals surface area contributed by atoms with Crippen LogP contribution in [-0.4, -0.2) is 20.2 Å². The second-order valence-electron chi connectivity index (χ2n) is 10.3. The SMILES string of the molecule is Cc1ccc2oc(-c3ccccc3-c3nnn(C(c4ccccc4)(c4ccccc4)c4ccccc4)n3)c(C)c2c1. The Morgan fingerprint density at radius 1 is 0.610 bits per heavy atom. The molecule has 5 aromatic carbocycles. The van der Waals surface area contributed by atoms with Crippen LogP contribution in [0.15, 0.2) is 138 Å². The van der Waals surface area contributed by atoms with Gasteiger partial charge in [-0.25, -0.2) is 0 Å². The minimum atomic E-state index is -0.837. The summed E-state index contributed by atoms with van der Waals surface area (Å²) in [6.07, 6.45) is 0. The zero-order chi connectivity index (χ0) is 27.8. The predicted octanol–water partition coefficient (Wildman–Crippen LogP) is 8.21. The van der Waals surface area contributed by atoms with Gasteiger partial charge in [0.15, 0.2) is 5.54 Å². The number of hydrogen-bond acceptors (Lipinski definition) is 4. The van der Waals surface area contributed by atoms with Gasteiger partial charge in [0.2, 0.25) is 5.82 Å². The Labute approximate surface area is 238 Å². The lowest BCUT2D eigenvalue weighted by atomic mass is 9.77. The fourth-order valence-electron chi connectivity index (χ4n) is 5.82. The number of fused-ring (bicyclic) bond motifs is 1. The van der Waals surface area contributed by atoms with Gasteiger partial charge in [0.1, 0.15) is 11.3 Å². The predicted molar refractivity (Wildman–Crippen MR) is 163 cm³/mol. The molecule has 0 N–H and O–H groups in total. The van der Waals surface area contributed by atoms with Crippen LogP contribution in [0.25, 0.3) is 33.7 Å². The topological polar surface area (TPSA) is 56.7 Å². The number of tetrazole rings is 1. The number of aromatic nitrogens is 4. The molecule has 0 spiro atoms. The van der Waals surface area contributed by atoms with Crippen molar-refractivity contribution in [3.63, 3.8) is 0 Å². The van der Waals surface area contributed by atoms with E-state index >= 15 is 0 Å². The van der Waals surface area contributed by atoms with Crippen LogP contribution in [0, 0.1) is 13.8 Å². The standard InChI is InChI=1S/C36H28N4O/c1-25-22-23-33-32(24-25)26(2)34(41-33)30-20-12-13-21-31(30)35-37-39-40(38-35)36(27-14-6-3-7-15-27,28-16-8-4-9-17-28)29-18-10-5-11-19-29/h3-24H,1-2H3. The summed E-state index contributed by atoms with van der Waals surface area (Å²) in [5, 5.41) is 15.6. The van der Waals surface area contributed by atoms with Gasteiger partial charge in [-0.15, -0.1) is 15.0 Å². The maximum atomic E-state index is 6.40. The van der Waals surface area contributed by atoms with Crippen LogP contribution >= 0.6 is 0 Å². The number of nitrogens with zero attached hydrogens (tertiary/aromatic N) is 4. The van der Waals surface area contributed by atoms with Crippen LogP contribution in [0.5, 0.6) is 0 Å². The molecule has 2 aromatic heterocycles. The molecular weight excluding hydrogens is 504 g/mol. The molecule has 0 aliphatic rings. The normalized spacial score (nSPS) is 11.7. The molecule has 2 heterocycles. The van der Waals surface area contributed by atoms with Gasteiger partial charge in [0.05, 0.1) is 0 Å². The molecule has 0 saturated carbocycles. The van der Waals surface area contributed by atoms with Crippen molar-refractivity contribution in [1.82, 2.24) is 20.2 Å². The number of rotatable bonds is 6. The van der Waals surface area contributed by atoms with E-state index in [0.29, 0.717) is 5.82 Å². The second-order valence-corrected chi connectivity index (χ2v) is 10.3. The largest absolute Gasteiger partial charge is 0.456 e. The molecule has 7 aromatic rings. The molecule has 7 rings (SSSR count). The zero-order valence-electron chi connectivity index (χ0n) is 22.9. The smallest absolute Gasteiger partial charge is 0.205 e. The van der Waals surface area contributed by atoms with E-state index in [0.717, 1.165) is 50.1 Å². The number of benzene rings is 5. The third kappa shape index (κ3) is 4.05. The van der Waals surface area contributed by atoms with E-state index in [1.807, 2.05) is 42.5 Å². The summed E-state index contributed by atoms with van der Waals surface area (Å²) in [6, 6.07) is 45.5. The van der Waals surface area contributed by atoms with Gasteiger partial charge in [0.25, 0.3) is 0 Å². The van der Waals surface area contributed by atoms with E-state index in [1.54, 1.807) is 4.80 Å². The van der Waals surface area contributed by atoms with Crippen molar-refractivity contribution in [2.75, 3.05) is 0 Å². The maximum Gasteiger partial charge on any atom is 0.205 e. The Bertz CT molecular complexity index is 1860. The molecule has 0 aliphatic carbocycles. The third-order valence-electron chi connectivity index (χ3n) is 7.79. The Morgan fingerprint density at radius 3 is 1.73 bits per heavy atom. The van der Waals surface area contributed by atoms with E-state index < -0.39 is 5.54 Å². The highest BCUT2D eigenvalue weighted by atomic mass is 16.3. The van der Waals surface area contributed by atoms with Gasteiger partial charge in [0, 0.05) is 22.1 Å². The summed E-state index contributed by atoms with van der Waals surface area (Å²) < 4.78 is 6.40. The number of furan rings is 1. The van der Waals surface area contributed by atoms with Crippen molar-refractivity contribution < 1.29 is 4.42 Å². The van der Waals surface area contributed by atoms with Gasteiger partial charge < -0.3 is 4.42 Å². The summed E-state index contributed by atoms with van der Waals surface area (Å²) in [5.74, 6) is 1.35. The summed E-state index contributed by atoms with van der Waals surface area (Å²) in [7, 11) is 0. The van der Waals surface area contributed by atoms with E-state index in [4.69, 9.17) is 14.7 Å². The first-order valence-corrected chi connectivity index (χ1v) is 13.7. The van der Waals surface area contributed by atoms with Gasteiger partial charge in [-0.2, -0.15) is 0 Å².